The molecule has 0 atom stereocenters. The molecule has 0 unspecified atom stereocenters. The van der Waals surface area contributed by atoms with Crippen molar-refractivity contribution in [3.05, 3.63) is 5.69 Å². The molecule has 1 fully saturated rings. The lowest BCUT2D eigenvalue weighted by Gasteiger charge is -2.15. The third-order valence-corrected chi connectivity index (χ3v) is 3.86. The molecular formula is C14H25N3O. The predicted octanol–water partition coefficient (Wildman–Crippen LogP) is 3.14. The average molecular weight is 251 g/mol. The highest BCUT2D eigenvalue weighted by Gasteiger charge is 2.17. The number of nitrogens with zero attached hydrogens (tertiary/aromatic N) is 2. The van der Waals surface area contributed by atoms with E-state index >= 15 is 0 Å². The van der Waals surface area contributed by atoms with Gasteiger partial charge in [-0.25, -0.2) is 4.68 Å². The van der Waals surface area contributed by atoms with E-state index in [4.69, 9.17) is 10.5 Å². The van der Waals surface area contributed by atoms with Gasteiger partial charge in [0.2, 0.25) is 5.88 Å². The van der Waals surface area contributed by atoms with Crippen molar-refractivity contribution in [3.8, 4) is 5.88 Å². The number of rotatable bonds is 4. The summed E-state index contributed by atoms with van der Waals surface area (Å²) >= 11 is 0. The van der Waals surface area contributed by atoms with Gasteiger partial charge < -0.3 is 10.5 Å². The molecule has 0 radical (unpaired) electrons. The van der Waals surface area contributed by atoms with Crippen molar-refractivity contribution >= 4 is 5.69 Å². The van der Waals surface area contributed by atoms with Gasteiger partial charge in [0.05, 0.1) is 12.3 Å². The van der Waals surface area contributed by atoms with Gasteiger partial charge in [-0.1, -0.05) is 25.7 Å². The third kappa shape index (κ3) is 2.98. The number of hydrogen-bond donors (Lipinski definition) is 1. The summed E-state index contributed by atoms with van der Waals surface area (Å²) in [5.74, 6) is 1.45. The zero-order valence-corrected chi connectivity index (χ0v) is 11.6. The van der Waals surface area contributed by atoms with E-state index in [0.29, 0.717) is 11.6 Å². The van der Waals surface area contributed by atoms with Crippen molar-refractivity contribution in [2.75, 3.05) is 12.3 Å². The van der Waals surface area contributed by atoms with E-state index in [2.05, 4.69) is 12.0 Å². The van der Waals surface area contributed by atoms with Gasteiger partial charge in [-0.05, 0) is 32.6 Å². The molecular weight excluding hydrogens is 226 g/mol. The van der Waals surface area contributed by atoms with Gasteiger partial charge >= 0.3 is 0 Å². The Balaban J connectivity index is 1.96. The van der Waals surface area contributed by atoms with E-state index in [0.717, 1.165) is 24.7 Å². The van der Waals surface area contributed by atoms with Crippen LogP contribution in [-0.4, -0.2) is 16.4 Å². The quantitative estimate of drug-likeness (QED) is 0.836. The Morgan fingerprint density at radius 2 is 1.94 bits per heavy atom. The van der Waals surface area contributed by atoms with Crippen LogP contribution < -0.4 is 10.5 Å². The highest BCUT2D eigenvalue weighted by atomic mass is 16.5. The van der Waals surface area contributed by atoms with Gasteiger partial charge in [0.15, 0.2) is 0 Å². The number of nitrogen functional groups attached to an aromatic ring is 1. The van der Waals surface area contributed by atoms with Crippen LogP contribution in [0.3, 0.4) is 0 Å². The van der Waals surface area contributed by atoms with E-state index in [1.807, 2.05) is 11.6 Å². The smallest absolute Gasteiger partial charge is 0.236 e. The van der Waals surface area contributed by atoms with E-state index in [1.165, 1.54) is 38.5 Å². The monoisotopic (exact) mass is 251 g/mol. The molecule has 0 aromatic carbocycles. The van der Waals surface area contributed by atoms with E-state index in [1.54, 1.807) is 0 Å². The zero-order chi connectivity index (χ0) is 13.0. The fraction of sp³-hybridized carbons (Fsp3) is 0.786. The van der Waals surface area contributed by atoms with Crippen molar-refractivity contribution < 1.29 is 4.74 Å². The summed E-state index contributed by atoms with van der Waals surface area (Å²) in [5, 5.41) is 4.38. The van der Waals surface area contributed by atoms with Crippen molar-refractivity contribution in [2.45, 2.75) is 58.9 Å². The molecule has 2 rings (SSSR count). The molecule has 1 heterocycles. The topological polar surface area (TPSA) is 53.1 Å². The minimum Gasteiger partial charge on any atom is -0.476 e. The minimum atomic E-state index is 0.687. The molecule has 1 aromatic rings. The van der Waals surface area contributed by atoms with Crippen LogP contribution >= 0.6 is 0 Å². The van der Waals surface area contributed by atoms with Crippen LogP contribution in [0.4, 0.5) is 5.69 Å². The summed E-state index contributed by atoms with van der Waals surface area (Å²) < 4.78 is 7.81. The van der Waals surface area contributed by atoms with Gasteiger partial charge in [0, 0.05) is 6.54 Å². The molecule has 102 valence electrons. The van der Waals surface area contributed by atoms with Crippen molar-refractivity contribution in [1.82, 2.24) is 9.78 Å². The molecule has 1 aromatic heterocycles. The number of nitrogens with two attached hydrogens (primary N) is 1. The first-order chi connectivity index (χ1) is 8.72. The van der Waals surface area contributed by atoms with Crippen LogP contribution in [-0.2, 0) is 6.54 Å². The van der Waals surface area contributed by atoms with E-state index < -0.39 is 0 Å². The lowest BCUT2D eigenvalue weighted by molar-refractivity contribution is 0.216. The summed E-state index contributed by atoms with van der Waals surface area (Å²) in [6, 6.07) is 0. The summed E-state index contributed by atoms with van der Waals surface area (Å²) in [4.78, 5) is 0. The molecule has 0 aliphatic heterocycles. The maximum Gasteiger partial charge on any atom is 0.236 e. The maximum absolute atomic E-state index is 6.02. The molecule has 4 nitrogen and oxygen atoms in total. The number of anilines is 1. The maximum atomic E-state index is 6.02. The lowest BCUT2D eigenvalue weighted by atomic mass is 10.0. The molecule has 1 aliphatic rings. The molecule has 0 bridgehead atoms. The molecule has 1 aliphatic carbocycles. The Kier molecular flexibility index (Phi) is 4.50. The fourth-order valence-electron chi connectivity index (χ4n) is 2.67. The van der Waals surface area contributed by atoms with Crippen molar-refractivity contribution in [2.24, 2.45) is 5.92 Å². The molecule has 0 spiro atoms. The Morgan fingerprint density at radius 3 is 2.56 bits per heavy atom. The first-order valence-electron chi connectivity index (χ1n) is 7.18. The summed E-state index contributed by atoms with van der Waals surface area (Å²) in [7, 11) is 0. The van der Waals surface area contributed by atoms with Crippen LogP contribution in [0.15, 0.2) is 0 Å². The lowest BCUT2D eigenvalue weighted by Crippen LogP contribution is -2.14. The number of aryl methyl sites for hydroxylation is 2. The molecule has 18 heavy (non-hydrogen) atoms. The molecule has 2 N–H and O–H groups in total. The number of hydrogen-bond acceptors (Lipinski definition) is 3. The Hall–Kier alpha value is -1.19. The molecule has 1 saturated carbocycles. The Morgan fingerprint density at radius 1 is 1.28 bits per heavy atom. The second-order valence-electron chi connectivity index (χ2n) is 5.29. The molecule has 0 amide bonds. The van der Waals surface area contributed by atoms with Gasteiger partial charge in [0.1, 0.15) is 5.69 Å². The summed E-state index contributed by atoms with van der Waals surface area (Å²) in [6.07, 6.45) is 8.03. The average Bonchev–Trinajstić information content (AvgIpc) is 2.59. The highest BCUT2D eigenvalue weighted by molar-refractivity contribution is 5.52. The first kappa shape index (κ1) is 13.2. The Labute approximate surface area is 110 Å². The van der Waals surface area contributed by atoms with Crippen LogP contribution in [0.5, 0.6) is 5.88 Å². The van der Waals surface area contributed by atoms with E-state index in [9.17, 15) is 0 Å². The van der Waals surface area contributed by atoms with E-state index in [-0.39, 0.29) is 0 Å². The summed E-state index contributed by atoms with van der Waals surface area (Å²) in [5.41, 5.74) is 7.58. The summed E-state index contributed by atoms with van der Waals surface area (Å²) in [6.45, 7) is 5.58. The fourth-order valence-corrected chi connectivity index (χ4v) is 2.67. The van der Waals surface area contributed by atoms with Gasteiger partial charge in [-0.3, -0.25) is 0 Å². The van der Waals surface area contributed by atoms with Gasteiger partial charge in [0.25, 0.3) is 0 Å². The van der Waals surface area contributed by atoms with Crippen LogP contribution in [0, 0.1) is 12.8 Å². The van der Waals surface area contributed by atoms with Crippen LogP contribution in [0.2, 0.25) is 0 Å². The molecule has 4 heteroatoms. The first-order valence-corrected chi connectivity index (χ1v) is 7.18. The van der Waals surface area contributed by atoms with Crippen LogP contribution in [0.1, 0.15) is 51.1 Å². The number of aromatic nitrogens is 2. The van der Waals surface area contributed by atoms with Crippen molar-refractivity contribution in [3.63, 3.8) is 0 Å². The Bertz CT molecular complexity index is 379. The minimum absolute atomic E-state index is 0.687. The zero-order valence-electron chi connectivity index (χ0n) is 11.6. The van der Waals surface area contributed by atoms with Gasteiger partial charge in [-0.2, -0.15) is 5.10 Å². The standard InChI is InChI=1S/C14H25N3O/c1-3-17-14(13(15)11(2)16-17)18-10-12-8-6-4-5-7-9-12/h12H,3-10,15H2,1-2H3. The van der Waals surface area contributed by atoms with Gasteiger partial charge in [-0.15, -0.1) is 0 Å². The predicted molar refractivity (Wildman–Crippen MR) is 73.7 cm³/mol. The second-order valence-corrected chi connectivity index (χ2v) is 5.29. The normalized spacial score (nSPS) is 17.7. The number of ether oxygens (including phenoxy) is 1. The van der Waals surface area contributed by atoms with Crippen LogP contribution in [0.25, 0.3) is 0 Å². The SMILES string of the molecule is CCn1nc(C)c(N)c1OCC1CCCCCC1. The second kappa shape index (κ2) is 6.12. The van der Waals surface area contributed by atoms with Crippen molar-refractivity contribution in [1.29, 1.82) is 0 Å². The largest absolute Gasteiger partial charge is 0.476 e. The highest BCUT2D eigenvalue weighted by Crippen LogP contribution is 2.28. The molecule has 0 saturated heterocycles. The third-order valence-electron chi connectivity index (χ3n) is 3.86.